The van der Waals surface area contributed by atoms with Gasteiger partial charge in [0.05, 0.1) is 11.0 Å². The van der Waals surface area contributed by atoms with Crippen molar-refractivity contribution in [1.29, 1.82) is 0 Å². The van der Waals surface area contributed by atoms with Crippen LogP contribution in [0.1, 0.15) is 0 Å². The molecule has 0 atom stereocenters. The van der Waals surface area contributed by atoms with Gasteiger partial charge in [0.25, 0.3) is 0 Å². The zero-order chi connectivity index (χ0) is 25.3. The summed E-state index contributed by atoms with van der Waals surface area (Å²) in [6.07, 6.45) is 7.50. The van der Waals surface area contributed by atoms with Gasteiger partial charge in [-0.1, -0.05) is 109 Å². The number of para-hydroxylation sites is 2. The first-order chi connectivity index (χ1) is 18.9. The summed E-state index contributed by atoms with van der Waals surface area (Å²) in [5.41, 5.74) is 6.17. The van der Waals surface area contributed by atoms with Gasteiger partial charge in [-0.25, -0.2) is 0 Å². The van der Waals surface area contributed by atoms with E-state index in [-0.39, 0.29) is 19.5 Å². The Bertz CT molecular complexity index is 1880. The summed E-state index contributed by atoms with van der Waals surface area (Å²) in [5, 5.41) is 7.17. The third-order valence-corrected chi connectivity index (χ3v) is 6.90. The number of hydrogen-bond donors (Lipinski definition) is 0. The summed E-state index contributed by atoms with van der Waals surface area (Å²) in [4.78, 5) is 18.0. The molecule has 4 heterocycles. The standard InChI is InChI=1S/2C17H11N2.Zn/c2*1-2-6-13-12(5-1)11-19-17-14(13)7-3-8-15(17)16-9-4-10-18-16;/h2*1-11H;/q2*-1;+2. The topological polar surface area (TPSA) is 54.0 Å². The summed E-state index contributed by atoms with van der Waals surface area (Å²) < 4.78 is 0. The van der Waals surface area contributed by atoms with Gasteiger partial charge in [-0.05, 0) is 21.9 Å². The van der Waals surface area contributed by atoms with Crippen molar-refractivity contribution in [2.24, 2.45) is 0 Å². The van der Waals surface area contributed by atoms with Crippen molar-refractivity contribution in [3.63, 3.8) is 0 Å². The number of nitrogens with zero attached hydrogens (tertiary/aromatic N) is 4. The molecule has 4 aromatic carbocycles. The second-order valence-corrected chi connectivity index (χ2v) is 9.14. The van der Waals surface area contributed by atoms with Crippen LogP contribution < -0.4 is 9.97 Å². The van der Waals surface area contributed by atoms with Gasteiger partial charge in [0.15, 0.2) is 0 Å². The Morgan fingerprint density at radius 1 is 0.410 bits per heavy atom. The van der Waals surface area contributed by atoms with Crippen LogP contribution in [0.25, 0.3) is 65.9 Å². The van der Waals surface area contributed by atoms with Crippen LogP contribution in [0.4, 0.5) is 0 Å². The van der Waals surface area contributed by atoms with E-state index in [4.69, 9.17) is 0 Å². The number of hydrogen-bond acceptors (Lipinski definition) is 2. The summed E-state index contributed by atoms with van der Waals surface area (Å²) in [6.45, 7) is 0. The van der Waals surface area contributed by atoms with Crippen molar-refractivity contribution in [3.05, 3.63) is 134 Å². The molecule has 0 unspecified atom stereocenters. The molecule has 0 aliphatic rings. The van der Waals surface area contributed by atoms with Crippen LogP contribution in [0.3, 0.4) is 0 Å². The third kappa shape index (κ3) is 4.52. The fraction of sp³-hybridized carbons (Fsp3) is 0. The molecule has 4 nitrogen and oxygen atoms in total. The van der Waals surface area contributed by atoms with Gasteiger partial charge in [-0.3, -0.25) is 9.97 Å². The van der Waals surface area contributed by atoms with E-state index in [9.17, 15) is 0 Å². The maximum atomic E-state index is 4.63. The smallest absolute Gasteiger partial charge is 0.664 e. The number of rotatable bonds is 2. The van der Waals surface area contributed by atoms with E-state index < -0.39 is 0 Å². The molecule has 180 valence electrons. The monoisotopic (exact) mass is 550 g/mol. The molecule has 8 rings (SSSR count). The van der Waals surface area contributed by atoms with Gasteiger partial charge >= 0.3 is 19.5 Å². The summed E-state index contributed by atoms with van der Waals surface area (Å²) in [6, 6.07) is 37.2. The van der Waals surface area contributed by atoms with E-state index in [1.807, 2.05) is 61.2 Å². The van der Waals surface area contributed by atoms with E-state index in [0.717, 1.165) is 33.5 Å². The van der Waals surface area contributed by atoms with Crippen molar-refractivity contribution >= 4 is 43.4 Å². The predicted octanol–water partition coefficient (Wildman–Crippen LogP) is 8.02. The van der Waals surface area contributed by atoms with Gasteiger partial charge in [-0.2, -0.15) is 12.4 Å². The number of benzene rings is 4. The fourth-order valence-corrected chi connectivity index (χ4v) is 5.11. The van der Waals surface area contributed by atoms with Crippen molar-refractivity contribution in [1.82, 2.24) is 19.9 Å². The third-order valence-electron chi connectivity index (χ3n) is 6.90. The first kappa shape index (κ1) is 24.7. The molecule has 0 saturated heterocycles. The minimum absolute atomic E-state index is 0. The van der Waals surface area contributed by atoms with Crippen molar-refractivity contribution < 1.29 is 19.5 Å². The van der Waals surface area contributed by atoms with Crippen molar-refractivity contribution in [3.8, 4) is 22.5 Å². The van der Waals surface area contributed by atoms with Gasteiger partial charge < -0.3 is 9.97 Å². The fourth-order valence-electron chi connectivity index (χ4n) is 5.11. The van der Waals surface area contributed by atoms with Crippen molar-refractivity contribution in [2.45, 2.75) is 0 Å². The molecule has 0 spiro atoms. The molecule has 0 aliphatic heterocycles. The second kappa shape index (κ2) is 10.6. The number of fused-ring (bicyclic) bond motifs is 6. The molecular weight excluding hydrogens is 530 g/mol. The molecule has 39 heavy (non-hydrogen) atoms. The summed E-state index contributed by atoms with van der Waals surface area (Å²) in [7, 11) is 0. The Labute approximate surface area is 238 Å². The zero-order valence-electron chi connectivity index (χ0n) is 21.2. The molecule has 0 radical (unpaired) electrons. The first-order valence-corrected chi connectivity index (χ1v) is 12.6. The number of aromatic nitrogens is 4. The largest absolute Gasteiger partial charge is 2.00 e. The van der Waals surface area contributed by atoms with Gasteiger partial charge in [0, 0.05) is 33.9 Å². The Hall–Kier alpha value is -4.60. The van der Waals surface area contributed by atoms with Gasteiger partial charge in [0.1, 0.15) is 0 Å². The first-order valence-electron chi connectivity index (χ1n) is 12.6. The normalized spacial score (nSPS) is 10.9. The van der Waals surface area contributed by atoms with Gasteiger partial charge in [-0.15, -0.1) is 11.4 Å². The zero-order valence-corrected chi connectivity index (χ0v) is 24.2. The Morgan fingerprint density at radius 2 is 0.846 bits per heavy atom. The Morgan fingerprint density at radius 3 is 1.28 bits per heavy atom. The van der Waals surface area contributed by atoms with Crippen LogP contribution in [0.15, 0.2) is 134 Å². The molecule has 5 heteroatoms. The summed E-state index contributed by atoms with van der Waals surface area (Å²) >= 11 is 0. The average molecular weight is 552 g/mol. The molecule has 0 N–H and O–H groups in total. The molecular formula is C34H22N4Zn. The van der Waals surface area contributed by atoms with Crippen LogP contribution in [0.5, 0.6) is 0 Å². The molecule has 4 aromatic heterocycles. The summed E-state index contributed by atoms with van der Waals surface area (Å²) in [5.74, 6) is 0. The van der Waals surface area contributed by atoms with Crippen LogP contribution in [0, 0.1) is 0 Å². The van der Waals surface area contributed by atoms with Crippen LogP contribution in [0.2, 0.25) is 0 Å². The van der Waals surface area contributed by atoms with Crippen LogP contribution in [-0.2, 0) is 19.5 Å². The second-order valence-electron chi connectivity index (χ2n) is 9.14. The predicted molar refractivity (Wildman–Crippen MR) is 156 cm³/mol. The molecule has 0 bridgehead atoms. The van der Waals surface area contributed by atoms with E-state index in [1.54, 1.807) is 0 Å². The molecule has 0 fully saturated rings. The minimum atomic E-state index is 0. The maximum Gasteiger partial charge on any atom is 2.00 e. The van der Waals surface area contributed by atoms with Gasteiger partial charge in [0.2, 0.25) is 0 Å². The van der Waals surface area contributed by atoms with E-state index in [2.05, 4.69) is 92.7 Å². The van der Waals surface area contributed by atoms with E-state index >= 15 is 0 Å². The Kier molecular flexibility index (Phi) is 6.75. The minimum Gasteiger partial charge on any atom is -0.664 e. The Balaban J connectivity index is 0.000000138. The number of pyridine rings is 2. The SMILES string of the molecule is [Zn+2].c1c[n-]c(-c2cccc3c2ncc2ccccc23)c1.c1c[n-]c(-c2cccc3c2ncc2ccccc23)c1. The molecule has 0 amide bonds. The maximum absolute atomic E-state index is 4.63. The van der Waals surface area contributed by atoms with Crippen LogP contribution >= 0.6 is 0 Å². The van der Waals surface area contributed by atoms with Crippen molar-refractivity contribution in [2.75, 3.05) is 0 Å². The van der Waals surface area contributed by atoms with Crippen LogP contribution in [-0.4, -0.2) is 9.97 Å². The molecule has 0 saturated carbocycles. The molecule has 0 aliphatic carbocycles. The quantitative estimate of drug-likeness (QED) is 0.161. The van der Waals surface area contributed by atoms with E-state index in [0.29, 0.717) is 0 Å². The van der Waals surface area contributed by atoms with E-state index in [1.165, 1.54) is 32.3 Å². The molecule has 8 aromatic rings. The average Bonchev–Trinajstić information content (AvgIpc) is 3.72.